The number of aryl methyl sites for hydroxylation is 2. The molecule has 0 saturated carbocycles. The minimum Gasteiger partial charge on any atom is -0.477 e. The maximum atomic E-state index is 13.3. The zero-order valence-corrected chi connectivity index (χ0v) is 16.0. The highest BCUT2D eigenvalue weighted by atomic mass is 16.5. The Balaban J connectivity index is 2.07. The monoisotopic (exact) mass is 340 g/mol. The van der Waals surface area contributed by atoms with E-state index < -0.39 is 0 Å². The molecule has 0 spiro atoms. The summed E-state index contributed by atoms with van der Waals surface area (Å²) in [6.45, 7) is 11.8. The van der Waals surface area contributed by atoms with Gasteiger partial charge in [-0.25, -0.2) is 4.68 Å². The molecule has 2 aromatic rings. The van der Waals surface area contributed by atoms with Crippen LogP contribution in [0.3, 0.4) is 0 Å². The number of nitrogens with zero attached hydrogens (tertiary/aromatic N) is 2. The molecule has 0 saturated heterocycles. The van der Waals surface area contributed by atoms with Crippen molar-refractivity contribution in [3.63, 3.8) is 0 Å². The lowest BCUT2D eigenvalue weighted by atomic mass is 9.88. The van der Waals surface area contributed by atoms with Gasteiger partial charge in [-0.15, -0.1) is 0 Å². The van der Waals surface area contributed by atoms with Crippen molar-refractivity contribution in [2.45, 2.75) is 66.3 Å². The molecule has 0 amide bonds. The van der Waals surface area contributed by atoms with Crippen molar-refractivity contribution in [3.05, 3.63) is 45.6 Å². The molecule has 1 aliphatic carbocycles. The van der Waals surface area contributed by atoms with Crippen LogP contribution in [0.2, 0.25) is 0 Å². The van der Waals surface area contributed by atoms with Crippen LogP contribution in [0.1, 0.15) is 77.7 Å². The minimum absolute atomic E-state index is 0.0216. The quantitative estimate of drug-likeness (QED) is 0.723. The maximum Gasteiger partial charge on any atom is 0.223 e. The van der Waals surface area contributed by atoms with Gasteiger partial charge in [-0.05, 0) is 74.3 Å². The van der Waals surface area contributed by atoms with Crippen molar-refractivity contribution < 1.29 is 9.53 Å². The first-order chi connectivity index (χ1) is 12.0. The maximum absolute atomic E-state index is 13.3. The van der Waals surface area contributed by atoms with Crippen LogP contribution in [0.15, 0.2) is 12.3 Å². The Morgan fingerprint density at radius 1 is 1.32 bits per heavy atom. The Labute approximate surface area is 150 Å². The molecule has 3 rings (SSSR count). The summed E-state index contributed by atoms with van der Waals surface area (Å²) in [4.78, 5) is 13.3. The number of aromatic nitrogens is 2. The Kier molecular flexibility index (Phi) is 4.98. The number of fused-ring (bicyclic) bond motifs is 1. The van der Waals surface area contributed by atoms with Crippen LogP contribution in [0.25, 0.3) is 0 Å². The lowest BCUT2D eigenvalue weighted by Gasteiger charge is -2.16. The second-order valence-corrected chi connectivity index (χ2v) is 7.05. The summed E-state index contributed by atoms with van der Waals surface area (Å²) in [5.41, 5.74) is 6.54. The molecule has 4 nitrogen and oxygen atoms in total. The lowest BCUT2D eigenvalue weighted by Crippen LogP contribution is -2.11. The largest absolute Gasteiger partial charge is 0.477 e. The lowest BCUT2D eigenvalue weighted by molar-refractivity contribution is 0.103. The third kappa shape index (κ3) is 2.99. The van der Waals surface area contributed by atoms with Gasteiger partial charge in [-0.1, -0.05) is 13.8 Å². The second-order valence-electron chi connectivity index (χ2n) is 7.05. The predicted octanol–water partition coefficient (Wildman–Crippen LogP) is 4.59. The average Bonchev–Trinajstić information content (AvgIpc) is 3.19. The number of hydrogen-bond donors (Lipinski definition) is 0. The molecular weight excluding hydrogens is 312 g/mol. The van der Waals surface area contributed by atoms with Crippen LogP contribution >= 0.6 is 0 Å². The third-order valence-corrected chi connectivity index (χ3v) is 5.31. The second kappa shape index (κ2) is 7.03. The molecule has 0 bridgehead atoms. The summed E-state index contributed by atoms with van der Waals surface area (Å²) in [7, 11) is 0. The van der Waals surface area contributed by atoms with Gasteiger partial charge in [0.15, 0.2) is 5.78 Å². The predicted molar refractivity (Wildman–Crippen MR) is 99.8 cm³/mol. The van der Waals surface area contributed by atoms with Crippen LogP contribution in [0, 0.1) is 13.8 Å². The average molecular weight is 340 g/mol. The van der Waals surface area contributed by atoms with Crippen LogP contribution in [0.4, 0.5) is 0 Å². The molecule has 0 aliphatic heterocycles. The van der Waals surface area contributed by atoms with Gasteiger partial charge in [0.1, 0.15) is 5.56 Å². The van der Waals surface area contributed by atoms with Crippen LogP contribution in [-0.4, -0.2) is 22.2 Å². The van der Waals surface area contributed by atoms with E-state index in [4.69, 9.17) is 4.74 Å². The van der Waals surface area contributed by atoms with E-state index in [0.717, 1.165) is 24.0 Å². The van der Waals surface area contributed by atoms with Gasteiger partial charge in [0.05, 0.1) is 12.8 Å². The van der Waals surface area contributed by atoms with E-state index in [9.17, 15) is 4.79 Å². The molecule has 1 aromatic heterocycles. The molecule has 0 N–H and O–H groups in total. The van der Waals surface area contributed by atoms with Crippen molar-refractivity contribution >= 4 is 5.78 Å². The number of rotatable bonds is 6. The number of carbonyl (C=O) groups is 1. The van der Waals surface area contributed by atoms with Crippen molar-refractivity contribution in [3.8, 4) is 5.88 Å². The fraction of sp³-hybridized carbons (Fsp3) is 0.524. The number of hydrogen-bond acceptors (Lipinski definition) is 3. The van der Waals surface area contributed by atoms with Crippen molar-refractivity contribution in [2.75, 3.05) is 6.61 Å². The van der Waals surface area contributed by atoms with E-state index in [1.54, 1.807) is 10.9 Å². The number of benzene rings is 1. The molecule has 4 heteroatoms. The standard InChI is InChI=1S/C21H28N2O2/c1-6-10-25-21-18(12-22-23(21)7-2)20(24)17-11-14(4)16-9-8-13(3)19(16)15(17)5/h11-13H,6-10H2,1-5H3. The fourth-order valence-corrected chi connectivity index (χ4v) is 3.99. The summed E-state index contributed by atoms with van der Waals surface area (Å²) < 4.78 is 7.62. The van der Waals surface area contributed by atoms with Gasteiger partial charge in [0.2, 0.25) is 5.88 Å². The van der Waals surface area contributed by atoms with E-state index in [1.807, 2.05) is 6.92 Å². The van der Waals surface area contributed by atoms with Gasteiger partial charge < -0.3 is 4.74 Å². The smallest absolute Gasteiger partial charge is 0.223 e. The topological polar surface area (TPSA) is 44.1 Å². The van der Waals surface area contributed by atoms with Crippen LogP contribution < -0.4 is 4.74 Å². The molecule has 1 aromatic carbocycles. The summed E-state index contributed by atoms with van der Waals surface area (Å²) >= 11 is 0. The first kappa shape index (κ1) is 17.7. The van der Waals surface area contributed by atoms with E-state index in [1.165, 1.54) is 23.1 Å². The summed E-state index contributed by atoms with van der Waals surface area (Å²) in [6, 6.07) is 2.06. The molecule has 0 radical (unpaired) electrons. The van der Waals surface area contributed by atoms with E-state index >= 15 is 0 Å². The van der Waals surface area contributed by atoms with Gasteiger partial charge in [0, 0.05) is 12.1 Å². The summed E-state index contributed by atoms with van der Waals surface area (Å²) in [5, 5.41) is 4.34. The zero-order chi connectivity index (χ0) is 18.1. The molecule has 1 aliphatic rings. The molecule has 0 fully saturated rings. The Bertz CT molecular complexity index is 805. The Hall–Kier alpha value is -2.10. The highest BCUT2D eigenvalue weighted by Gasteiger charge is 2.28. The molecule has 134 valence electrons. The van der Waals surface area contributed by atoms with Gasteiger partial charge in [0.25, 0.3) is 0 Å². The van der Waals surface area contributed by atoms with Crippen LogP contribution in [0.5, 0.6) is 5.88 Å². The van der Waals surface area contributed by atoms with Gasteiger partial charge in [-0.3, -0.25) is 4.79 Å². The highest BCUT2D eigenvalue weighted by molar-refractivity contribution is 6.11. The number of carbonyl (C=O) groups excluding carboxylic acids is 1. The first-order valence-electron chi connectivity index (χ1n) is 9.35. The van der Waals surface area contributed by atoms with E-state index in [2.05, 4.69) is 38.9 Å². The van der Waals surface area contributed by atoms with Crippen molar-refractivity contribution in [1.82, 2.24) is 9.78 Å². The molecular formula is C21H28N2O2. The Morgan fingerprint density at radius 3 is 2.76 bits per heavy atom. The van der Waals surface area contributed by atoms with Crippen LogP contribution in [-0.2, 0) is 13.0 Å². The van der Waals surface area contributed by atoms with Gasteiger partial charge >= 0.3 is 0 Å². The Morgan fingerprint density at radius 2 is 2.08 bits per heavy atom. The minimum atomic E-state index is 0.0216. The fourth-order valence-electron chi connectivity index (χ4n) is 3.99. The number of ketones is 1. The third-order valence-electron chi connectivity index (χ3n) is 5.31. The van der Waals surface area contributed by atoms with Gasteiger partial charge in [-0.2, -0.15) is 5.10 Å². The SMILES string of the molecule is CCCOc1c(C(=O)c2cc(C)c3c(c2C)C(C)CC3)cnn1CC. The molecule has 1 unspecified atom stereocenters. The normalized spacial score (nSPS) is 16.1. The number of ether oxygens (including phenoxy) is 1. The van der Waals surface area contributed by atoms with E-state index in [-0.39, 0.29) is 5.78 Å². The molecule has 25 heavy (non-hydrogen) atoms. The highest BCUT2D eigenvalue weighted by Crippen LogP contribution is 2.39. The molecule has 1 heterocycles. The first-order valence-corrected chi connectivity index (χ1v) is 9.35. The van der Waals surface area contributed by atoms with E-state index in [0.29, 0.717) is 30.5 Å². The molecule has 1 atom stereocenters. The summed E-state index contributed by atoms with van der Waals surface area (Å²) in [6.07, 6.45) is 4.85. The summed E-state index contributed by atoms with van der Waals surface area (Å²) in [5.74, 6) is 1.14. The zero-order valence-electron chi connectivity index (χ0n) is 16.0. The van der Waals surface area contributed by atoms with Crippen molar-refractivity contribution in [2.24, 2.45) is 0 Å². The van der Waals surface area contributed by atoms with Crippen molar-refractivity contribution in [1.29, 1.82) is 0 Å².